The molecule has 0 atom stereocenters. The molecule has 0 amide bonds. The fourth-order valence-corrected chi connectivity index (χ4v) is 2.35. The van der Waals surface area contributed by atoms with Gasteiger partial charge in [-0.1, -0.05) is 31.7 Å². The predicted octanol–water partition coefficient (Wildman–Crippen LogP) is 2.93. The molecule has 1 fully saturated rings. The van der Waals surface area contributed by atoms with Crippen LogP contribution >= 0.6 is 0 Å². The van der Waals surface area contributed by atoms with Crippen LogP contribution in [0.1, 0.15) is 49.8 Å². The lowest BCUT2D eigenvalue weighted by atomic mass is 9.87. The Labute approximate surface area is 91.4 Å². The summed E-state index contributed by atoms with van der Waals surface area (Å²) in [5, 5.41) is 10.6. The Morgan fingerprint density at radius 3 is 2.33 bits per heavy atom. The maximum absolute atomic E-state index is 10.6. The minimum absolute atomic E-state index is 0.614. The molecule has 2 rings (SSSR count). The van der Waals surface area contributed by atoms with Crippen molar-refractivity contribution in [3.05, 3.63) is 29.6 Å². The van der Waals surface area contributed by atoms with E-state index in [0.29, 0.717) is 0 Å². The lowest BCUT2D eigenvalue weighted by molar-refractivity contribution is 0.0204. The molecule has 1 N–H and O–H groups in total. The van der Waals surface area contributed by atoms with Gasteiger partial charge in [0, 0.05) is 17.5 Å². The molecule has 1 aliphatic rings. The first kappa shape index (κ1) is 10.6. The van der Waals surface area contributed by atoms with E-state index in [-0.39, 0.29) is 0 Å². The minimum atomic E-state index is -0.614. The van der Waals surface area contributed by atoms with E-state index in [2.05, 4.69) is 4.98 Å². The van der Waals surface area contributed by atoms with Gasteiger partial charge in [-0.2, -0.15) is 0 Å². The Kier molecular flexibility index (Phi) is 3.06. The molecule has 1 aromatic rings. The van der Waals surface area contributed by atoms with Crippen molar-refractivity contribution in [2.75, 3.05) is 0 Å². The first-order chi connectivity index (χ1) is 7.21. The van der Waals surface area contributed by atoms with E-state index in [1.165, 1.54) is 12.8 Å². The van der Waals surface area contributed by atoms with E-state index < -0.39 is 5.60 Å². The molecule has 0 aromatic carbocycles. The van der Waals surface area contributed by atoms with Crippen molar-refractivity contribution < 1.29 is 5.11 Å². The van der Waals surface area contributed by atoms with Crippen molar-refractivity contribution in [1.29, 1.82) is 0 Å². The lowest BCUT2D eigenvalue weighted by Crippen LogP contribution is -2.24. The van der Waals surface area contributed by atoms with Crippen LogP contribution in [0.25, 0.3) is 0 Å². The molecular formula is C13H19NO. The van der Waals surface area contributed by atoms with Crippen LogP contribution < -0.4 is 0 Å². The quantitative estimate of drug-likeness (QED) is 0.715. The van der Waals surface area contributed by atoms with Crippen LogP contribution in [0.3, 0.4) is 0 Å². The van der Waals surface area contributed by atoms with E-state index in [9.17, 15) is 5.11 Å². The molecule has 2 heteroatoms. The van der Waals surface area contributed by atoms with E-state index in [4.69, 9.17) is 0 Å². The van der Waals surface area contributed by atoms with Gasteiger partial charge >= 0.3 is 0 Å². The summed E-state index contributed by atoms with van der Waals surface area (Å²) in [6.07, 6.45) is 8.37. The largest absolute Gasteiger partial charge is 0.385 e. The van der Waals surface area contributed by atoms with Crippen LogP contribution in [0.5, 0.6) is 0 Å². The van der Waals surface area contributed by atoms with Crippen LogP contribution in [-0.4, -0.2) is 10.1 Å². The highest BCUT2D eigenvalue weighted by Crippen LogP contribution is 2.35. The second kappa shape index (κ2) is 4.31. The molecule has 1 saturated carbocycles. The maximum atomic E-state index is 10.6. The second-order valence-electron chi connectivity index (χ2n) is 4.63. The highest BCUT2D eigenvalue weighted by Gasteiger charge is 2.29. The van der Waals surface area contributed by atoms with E-state index >= 15 is 0 Å². The molecule has 0 aliphatic heterocycles. The fourth-order valence-electron chi connectivity index (χ4n) is 2.35. The Morgan fingerprint density at radius 2 is 1.80 bits per heavy atom. The zero-order valence-electron chi connectivity index (χ0n) is 9.37. The first-order valence-electron chi connectivity index (χ1n) is 5.86. The number of rotatable bonds is 1. The van der Waals surface area contributed by atoms with Crippen molar-refractivity contribution in [2.24, 2.45) is 0 Å². The van der Waals surface area contributed by atoms with E-state index in [0.717, 1.165) is 36.9 Å². The molecular weight excluding hydrogens is 186 g/mol. The smallest absolute Gasteiger partial charge is 0.0911 e. The summed E-state index contributed by atoms with van der Waals surface area (Å²) >= 11 is 0. The molecule has 0 spiro atoms. The van der Waals surface area contributed by atoms with Crippen LogP contribution in [0, 0.1) is 6.92 Å². The number of hydrogen-bond acceptors (Lipinski definition) is 2. The van der Waals surface area contributed by atoms with E-state index in [1.54, 1.807) is 0 Å². The molecule has 0 bridgehead atoms. The Morgan fingerprint density at radius 1 is 1.13 bits per heavy atom. The number of nitrogens with zero attached hydrogens (tertiary/aromatic N) is 1. The summed E-state index contributed by atoms with van der Waals surface area (Å²) in [5.41, 5.74) is 1.39. The summed E-state index contributed by atoms with van der Waals surface area (Å²) in [7, 11) is 0. The zero-order chi connectivity index (χ0) is 10.7. The van der Waals surface area contributed by atoms with Gasteiger partial charge in [-0.3, -0.25) is 4.98 Å². The van der Waals surface area contributed by atoms with Gasteiger partial charge in [0.25, 0.3) is 0 Å². The van der Waals surface area contributed by atoms with Gasteiger partial charge in [-0.25, -0.2) is 0 Å². The normalized spacial score (nSPS) is 20.9. The average Bonchev–Trinajstić information content (AvgIpc) is 2.45. The molecule has 1 heterocycles. The predicted molar refractivity (Wildman–Crippen MR) is 60.6 cm³/mol. The highest BCUT2D eigenvalue weighted by molar-refractivity contribution is 5.20. The van der Waals surface area contributed by atoms with Gasteiger partial charge in [0.2, 0.25) is 0 Å². The van der Waals surface area contributed by atoms with E-state index in [1.807, 2.05) is 25.3 Å². The number of aryl methyl sites for hydroxylation is 1. The maximum Gasteiger partial charge on any atom is 0.0911 e. The number of pyridine rings is 1. The van der Waals surface area contributed by atoms with Crippen molar-refractivity contribution in [2.45, 2.75) is 51.0 Å². The van der Waals surface area contributed by atoms with Gasteiger partial charge in [0.15, 0.2) is 0 Å². The molecule has 1 aromatic heterocycles. The third kappa shape index (κ3) is 2.37. The fraction of sp³-hybridized carbons (Fsp3) is 0.615. The molecule has 0 saturated heterocycles. The van der Waals surface area contributed by atoms with Crippen LogP contribution in [0.2, 0.25) is 0 Å². The lowest BCUT2D eigenvalue weighted by Gasteiger charge is -2.26. The van der Waals surface area contributed by atoms with Gasteiger partial charge in [0.05, 0.1) is 5.60 Å². The van der Waals surface area contributed by atoms with Crippen molar-refractivity contribution in [1.82, 2.24) is 4.98 Å². The minimum Gasteiger partial charge on any atom is -0.385 e. The third-order valence-corrected chi connectivity index (χ3v) is 3.38. The molecule has 1 aliphatic carbocycles. The Bertz CT molecular complexity index is 310. The summed E-state index contributed by atoms with van der Waals surface area (Å²) in [6, 6.07) is 4.01. The molecule has 82 valence electrons. The van der Waals surface area contributed by atoms with Crippen molar-refractivity contribution >= 4 is 0 Å². The van der Waals surface area contributed by atoms with Crippen molar-refractivity contribution in [3.8, 4) is 0 Å². The SMILES string of the molecule is Cc1ccc(C2(O)CCCCCC2)cn1. The molecule has 0 unspecified atom stereocenters. The third-order valence-electron chi connectivity index (χ3n) is 3.38. The van der Waals surface area contributed by atoms with Gasteiger partial charge in [-0.05, 0) is 25.8 Å². The molecule has 2 nitrogen and oxygen atoms in total. The summed E-state index contributed by atoms with van der Waals surface area (Å²) < 4.78 is 0. The number of aromatic nitrogens is 1. The Hall–Kier alpha value is -0.890. The Balaban J connectivity index is 2.22. The van der Waals surface area contributed by atoms with Gasteiger partial charge < -0.3 is 5.11 Å². The summed E-state index contributed by atoms with van der Waals surface area (Å²) in [4.78, 5) is 4.27. The highest BCUT2D eigenvalue weighted by atomic mass is 16.3. The second-order valence-corrected chi connectivity index (χ2v) is 4.63. The molecule has 0 radical (unpaired) electrons. The monoisotopic (exact) mass is 205 g/mol. The van der Waals surface area contributed by atoms with Gasteiger partial charge in [0.1, 0.15) is 0 Å². The van der Waals surface area contributed by atoms with Crippen LogP contribution in [0.15, 0.2) is 18.3 Å². The van der Waals surface area contributed by atoms with Crippen LogP contribution in [0.4, 0.5) is 0 Å². The first-order valence-corrected chi connectivity index (χ1v) is 5.86. The number of aliphatic hydroxyl groups is 1. The topological polar surface area (TPSA) is 33.1 Å². The zero-order valence-corrected chi connectivity index (χ0v) is 9.37. The summed E-state index contributed by atoms with van der Waals surface area (Å²) in [5.74, 6) is 0. The average molecular weight is 205 g/mol. The molecule has 15 heavy (non-hydrogen) atoms. The summed E-state index contributed by atoms with van der Waals surface area (Å²) in [6.45, 7) is 1.97. The van der Waals surface area contributed by atoms with Crippen LogP contribution in [-0.2, 0) is 5.60 Å². The van der Waals surface area contributed by atoms with Crippen molar-refractivity contribution in [3.63, 3.8) is 0 Å². The standard InChI is InChI=1S/C13H19NO/c1-11-6-7-12(10-14-11)13(15)8-4-2-3-5-9-13/h6-7,10,15H,2-5,8-9H2,1H3. The van der Waals surface area contributed by atoms with Gasteiger partial charge in [-0.15, -0.1) is 0 Å². The number of hydrogen-bond donors (Lipinski definition) is 1.